The molecule has 0 saturated heterocycles. The third kappa shape index (κ3) is 8.30. The number of fused-ring (bicyclic) bond motifs is 3. The Morgan fingerprint density at radius 1 is 1.02 bits per heavy atom. The van der Waals surface area contributed by atoms with E-state index in [1.165, 1.54) is 0 Å². The number of nitrogens with zero attached hydrogens (tertiary/aromatic N) is 1. The smallest absolute Gasteiger partial charge is 0.419 e. The number of hydrogen-bond acceptors (Lipinski definition) is 6. The van der Waals surface area contributed by atoms with Crippen LogP contribution >= 0.6 is 0 Å². The number of nitrogens with one attached hydrogen (secondary N) is 1. The van der Waals surface area contributed by atoms with E-state index in [4.69, 9.17) is 18.6 Å². The van der Waals surface area contributed by atoms with Crippen LogP contribution in [0.25, 0.3) is 17.0 Å². The summed E-state index contributed by atoms with van der Waals surface area (Å²) in [6.07, 6.45) is 4.08. The molecule has 0 saturated carbocycles. The monoisotopic (exact) mass is 648 g/mol. The highest BCUT2D eigenvalue weighted by Gasteiger charge is 2.42. The van der Waals surface area contributed by atoms with Gasteiger partial charge >= 0.3 is 6.09 Å². The van der Waals surface area contributed by atoms with Crippen LogP contribution in [0.2, 0.25) is 18.1 Å². The van der Waals surface area contributed by atoms with Crippen molar-refractivity contribution < 1.29 is 28.2 Å². The minimum atomic E-state index is -2.28. The first-order valence-corrected chi connectivity index (χ1v) is 19.2. The van der Waals surface area contributed by atoms with Gasteiger partial charge in [0.05, 0.1) is 49.6 Å². The Kier molecular flexibility index (Phi) is 10.9. The summed E-state index contributed by atoms with van der Waals surface area (Å²) in [6.45, 7) is 19.3. The van der Waals surface area contributed by atoms with E-state index in [-0.39, 0.29) is 23.6 Å². The molecule has 1 aliphatic rings. The molecule has 3 aromatic rings. The molecule has 250 valence electrons. The minimum Gasteiger partial charge on any atom is -0.497 e. The number of methoxy groups -OCH3 is 1. The Morgan fingerprint density at radius 2 is 1.70 bits per heavy atom. The summed E-state index contributed by atoms with van der Waals surface area (Å²) in [6, 6.07) is 15.2. The summed E-state index contributed by atoms with van der Waals surface area (Å²) < 4.78 is 26.0. The van der Waals surface area contributed by atoms with Crippen LogP contribution in [-0.2, 0) is 31.7 Å². The van der Waals surface area contributed by atoms with Crippen LogP contribution in [0.5, 0.6) is 5.75 Å². The number of benzene rings is 2. The van der Waals surface area contributed by atoms with Crippen LogP contribution in [0.1, 0.15) is 71.7 Å². The average Bonchev–Trinajstić information content (AvgIpc) is 3.27. The number of amides is 1. The lowest BCUT2D eigenvalue weighted by atomic mass is 9.94. The lowest BCUT2D eigenvalue weighted by Crippen LogP contribution is -2.50. The highest BCUT2D eigenvalue weighted by atomic mass is 28.4. The summed E-state index contributed by atoms with van der Waals surface area (Å²) in [7, 11) is -0.643. The van der Waals surface area contributed by atoms with Gasteiger partial charge < -0.3 is 24.0 Å². The topological polar surface area (TPSA) is 88.0 Å². The average molecular weight is 649 g/mol. The van der Waals surface area contributed by atoms with E-state index in [0.717, 1.165) is 33.5 Å². The third-order valence-corrected chi connectivity index (χ3v) is 13.5. The number of rotatable bonds is 8. The fourth-order valence-electron chi connectivity index (χ4n) is 5.49. The molecule has 0 fully saturated rings. The van der Waals surface area contributed by atoms with Crippen molar-refractivity contribution in [1.29, 1.82) is 0 Å². The molecule has 1 unspecified atom stereocenters. The lowest BCUT2D eigenvalue weighted by molar-refractivity contribution is -0.128. The van der Waals surface area contributed by atoms with Crippen molar-refractivity contribution in [1.82, 2.24) is 9.88 Å². The Bertz CT molecular complexity index is 1540. The summed E-state index contributed by atoms with van der Waals surface area (Å²) in [4.78, 5) is 27.8. The van der Waals surface area contributed by atoms with E-state index in [9.17, 15) is 9.59 Å². The van der Waals surface area contributed by atoms with Crippen LogP contribution in [0.4, 0.5) is 4.79 Å². The van der Waals surface area contributed by atoms with Gasteiger partial charge in [0.25, 0.3) is 0 Å². The first-order valence-electron chi connectivity index (χ1n) is 16.3. The van der Waals surface area contributed by atoms with Crippen molar-refractivity contribution in [3.05, 3.63) is 71.4 Å². The van der Waals surface area contributed by atoms with Crippen molar-refractivity contribution in [2.45, 2.75) is 104 Å². The molecule has 1 aromatic heterocycles. The third-order valence-electron chi connectivity index (χ3n) is 8.99. The van der Waals surface area contributed by atoms with Crippen LogP contribution in [0.15, 0.2) is 54.6 Å². The number of aromatic nitrogens is 1. The predicted molar refractivity (Wildman–Crippen MR) is 187 cm³/mol. The fraction of sp³-hybridized carbons (Fsp3) is 0.514. The molecule has 0 spiro atoms. The van der Waals surface area contributed by atoms with Crippen molar-refractivity contribution in [3.63, 3.8) is 0 Å². The second-order valence-electron chi connectivity index (χ2n) is 14.7. The van der Waals surface area contributed by atoms with Crippen molar-refractivity contribution in [3.8, 4) is 5.75 Å². The number of ether oxygens (including phenoxy) is 3. The minimum absolute atomic E-state index is 0.0562. The van der Waals surface area contributed by atoms with Gasteiger partial charge in [-0.25, -0.2) is 9.36 Å². The molecule has 46 heavy (non-hydrogen) atoms. The maximum absolute atomic E-state index is 14.0. The van der Waals surface area contributed by atoms with Gasteiger partial charge in [0, 0.05) is 5.39 Å². The van der Waals surface area contributed by atoms with Crippen LogP contribution in [0.3, 0.4) is 0 Å². The van der Waals surface area contributed by atoms with E-state index in [1.807, 2.05) is 88.4 Å². The maximum atomic E-state index is 14.0. The molecule has 4 rings (SSSR count). The molecule has 0 bridgehead atoms. The normalized spacial score (nSPS) is 20.1. The second kappa shape index (κ2) is 14.2. The van der Waals surface area contributed by atoms with Crippen molar-refractivity contribution >= 4 is 37.3 Å². The maximum Gasteiger partial charge on any atom is 0.419 e. The highest BCUT2D eigenvalue weighted by Crippen LogP contribution is 2.39. The van der Waals surface area contributed by atoms with Gasteiger partial charge in [-0.3, -0.25) is 4.79 Å². The first kappa shape index (κ1) is 35.5. The zero-order valence-corrected chi connectivity index (χ0v) is 30.2. The molecular formula is C37H52N2O6Si. The molecule has 3 atom stereocenters. The second-order valence-corrected chi connectivity index (χ2v) is 19.4. The van der Waals surface area contributed by atoms with Gasteiger partial charge in [0.15, 0.2) is 8.32 Å². The fourth-order valence-corrected chi connectivity index (χ4v) is 6.77. The van der Waals surface area contributed by atoms with E-state index >= 15 is 0 Å². The number of carbonyl (C=O) groups is 2. The molecule has 8 nitrogen and oxygen atoms in total. The van der Waals surface area contributed by atoms with E-state index in [0.29, 0.717) is 19.4 Å². The van der Waals surface area contributed by atoms with Crippen LogP contribution in [-0.4, -0.2) is 56.3 Å². The van der Waals surface area contributed by atoms with E-state index < -0.39 is 32.0 Å². The summed E-state index contributed by atoms with van der Waals surface area (Å²) >= 11 is 0. The van der Waals surface area contributed by atoms with Crippen LogP contribution in [0, 0.1) is 5.92 Å². The first-order chi connectivity index (χ1) is 21.5. The standard InChI is InChI=1S/C37H52N2O6Si/c1-11-28-33(45-46(9,10)37(5,6)7)21-20-32-30(29-14-12-13-15-31(29)39(32)35(41)44-36(2,3)4)22-26(38-34(28)40)24-43-23-25-16-18-27(42-8)19-17-25/h12-21,26,28,33H,11,22-24H2,1-10H3,(H,38,40)/b21-20+/t26?,28-,33+/m0/s1. The molecule has 1 amide bonds. The van der Waals surface area contributed by atoms with Crippen molar-refractivity contribution in [2.75, 3.05) is 13.7 Å². The van der Waals surface area contributed by atoms with Gasteiger partial charge in [0.2, 0.25) is 5.91 Å². The van der Waals surface area contributed by atoms with Gasteiger partial charge in [0.1, 0.15) is 11.4 Å². The highest BCUT2D eigenvalue weighted by molar-refractivity contribution is 6.74. The molecule has 2 aromatic carbocycles. The zero-order valence-electron chi connectivity index (χ0n) is 29.2. The Hall–Kier alpha value is -3.40. The summed E-state index contributed by atoms with van der Waals surface area (Å²) in [5.74, 6) is 0.300. The molecule has 1 aliphatic heterocycles. The Labute approximate surface area is 275 Å². The molecule has 0 radical (unpaired) electrons. The predicted octanol–water partition coefficient (Wildman–Crippen LogP) is 8.12. The number of para-hydroxylation sites is 1. The Balaban J connectivity index is 1.81. The van der Waals surface area contributed by atoms with Gasteiger partial charge in [-0.05, 0) is 87.1 Å². The van der Waals surface area contributed by atoms with E-state index in [1.54, 1.807) is 11.7 Å². The number of hydrogen-bond donors (Lipinski definition) is 1. The largest absolute Gasteiger partial charge is 0.497 e. The van der Waals surface area contributed by atoms with Gasteiger partial charge in [-0.2, -0.15) is 0 Å². The molecule has 1 N–H and O–H groups in total. The van der Waals surface area contributed by atoms with Gasteiger partial charge in [-0.1, -0.05) is 64.1 Å². The molecule has 2 heterocycles. The zero-order chi connectivity index (χ0) is 33.9. The molecule has 0 aliphatic carbocycles. The lowest BCUT2D eigenvalue weighted by Gasteiger charge is -2.40. The molecular weight excluding hydrogens is 597 g/mol. The SMILES string of the molecule is CC[C@@H]1C(=O)NC(COCc2ccc(OC)cc2)Cc2c(n(C(=O)OC(C)(C)C)c3ccccc23)/C=C/[C@H]1O[Si](C)(C)C(C)(C)C. The number of carbonyl (C=O) groups excluding carboxylic acids is 2. The van der Waals surface area contributed by atoms with Crippen LogP contribution < -0.4 is 10.1 Å². The molecule has 9 heteroatoms. The quantitative estimate of drug-likeness (QED) is 0.248. The van der Waals surface area contributed by atoms with Crippen molar-refractivity contribution in [2.24, 2.45) is 5.92 Å². The summed E-state index contributed by atoms with van der Waals surface area (Å²) in [5, 5.41) is 4.19. The van der Waals surface area contributed by atoms with Gasteiger partial charge in [-0.15, -0.1) is 0 Å². The summed E-state index contributed by atoms with van der Waals surface area (Å²) in [5.41, 5.74) is 2.75. The Morgan fingerprint density at radius 3 is 2.30 bits per heavy atom. The van der Waals surface area contributed by atoms with E-state index in [2.05, 4.69) is 39.2 Å².